The van der Waals surface area contributed by atoms with E-state index in [2.05, 4.69) is 15.6 Å². The van der Waals surface area contributed by atoms with Crippen molar-refractivity contribution in [2.45, 2.75) is 39.3 Å². The first-order valence-corrected chi connectivity index (χ1v) is 11.9. The minimum atomic E-state index is -1.17. The Balaban J connectivity index is 1.39. The van der Waals surface area contributed by atoms with E-state index >= 15 is 0 Å². The van der Waals surface area contributed by atoms with Gasteiger partial charge in [0.05, 0.1) is 13.0 Å². The maximum absolute atomic E-state index is 12.8. The zero-order chi connectivity index (χ0) is 26.5. The number of carboxylic acid groups (broad SMARTS) is 1. The lowest BCUT2D eigenvalue weighted by atomic mass is 10.0. The smallest absolute Gasteiger partial charge is 0.322 e. The van der Waals surface area contributed by atoms with Crippen molar-refractivity contribution in [2.24, 2.45) is 5.92 Å². The Hall–Kier alpha value is -4.47. The number of anilines is 1. The second kappa shape index (κ2) is 11.1. The van der Waals surface area contributed by atoms with Gasteiger partial charge in [0.15, 0.2) is 5.69 Å². The fourth-order valence-corrected chi connectivity index (χ4v) is 4.18. The average molecular weight is 505 g/mol. The van der Waals surface area contributed by atoms with Crippen LogP contribution in [0.1, 0.15) is 64.2 Å². The maximum atomic E-state index is 12.8. The van der Waals surface area contributed by atoms with Crippen molar-refractivity contribution in [1.82, 2.24) is 15.6 Å². The van der Waals surface area contributed by atoms with E-state index in [0.29, 0.717) is 18.5 Å². The van der Waals surface area contributed by atoms with Crippen LogP contribution in [0, 0.1) is 5.92 Å². The third-order valence-electron chi connectivity index (χ3n) is 5.93. The third kappa shape index (κ3) is 6.21. The summed E-state index contributed by atoms with van der Waals surface area (Å²) in [4.78, 5) is 54.2. The van der Waals surface area contributed by atoms with Gasteiger partial charge in [0.1, 0.15) is 18.8 Å². The molecule has 1 aliphatic rings. The highest BCUT2D eigenvalue weighted by Crippen LogP contribution is 2.28. The number of nitrogens with one attached hydrogen (secondary N) is 2. The van der Waals surface area contributed by atoms with Crippen molar-refractivity contribution >= 4 is 29.4 Å². The second-order valence-electron chi connectivity index (χ2n) is 9.29. The van der Waals surface area contributed by atoms with Crippen LogP contribution < -0.4 is 15.5 Å². The predicted molar refractivity (Wildman–Crippen MR) is 134 cm³/mol. The number of benzene rings is 2. The number of aliphatic carboxylic acids is 1. The molecular formula is C27H28N4O6. The van der Waals surface area contributed by atoms with E-state index in [4.69, 9.17) is 9.52 Å². The number of aromatic nitrogens is 1. The quantitative estimate of drug-likeness (QED) is 0.385. The van der Waals surface area contributed by atoms with E-state index in [-0.39, 0.29) is 35.7 Å². The number of carboxylic acids is 1. The molecule has 3 N–H and O–H groups in total. The van der Waals surface area contributed by atoms with E-state index in [1.807, 2.05) is 62.4 Å². The van der Waals surface area contributed by atoms with Gasteiger partial charge < -0.3 is 25.1 Å². The summed E-state index contributed by atoms with van der Waals surface area (Å²) in [6.07, 6.45) is 1.78. The summed E-state index contributed by atoms with van der Waals surface area (Å²) in [5, 5.41) is 13.9. The summed E-state index contributed by atoms with van der Waals surface area (Å²) in [5.74, 6) is -1.77. The highest BCUT2D eigenvalue weighted by Gasteiger charge is 2.28. The molecule has 1 aliphatic heterocycles. The van der Waals surface area contributed by atoms with E-state index in [0.717, 1.165) is 23.1 Å². The molecule has 0 fully saturated rings. The van der Waals surface area contributed by atoms with Gasteiger partial charge in [-0.3, -0.25) is 19.2 Å². The standard InChI is InChI=1S/C27H28N4O6/c1-16(2)11-21(26-30-22(15-37-26)25(35)28-13-24(33)34)29-23(32)12-17-7-9-19(10-8-17)31-14-18-5-3-4-6-20(18)27(31)36/h3-10,15-16,21H,11-14H2,1-2H3,(H,28,35)(H,29,32)(H,33,34)/t21-/m0/s1. The van der Waals surface area contributed by atoms with Gasteiger partial charge in [0.25, 0.3) is 11.8 Å². The van der Waals surface area contributed by atoms with E-state index in [1.54, 1.807) is 4.90 Å². The minimum absolute atomic E-state index is 0.0421. The Morgan fingerprint density at radius 2 is 1.84 bits per heavy atom. The topological polar surface area (TPSA) is 142 Å². The lowest BCUT2D eigenvalue weighted by molar-refractivity contribution is -0.135. The fourth-order valence-electron chi connectivity index (χ4n) is 4.18. The normalized spacial score (nSPS) is 13.4. The summed E-state index contributed by atoms with van der Waals surface area (Å²) in [6, 6.07) is 14.3. The summed E-state index contributed by atoms with van der Waals surface area (Å²) >= 11 is 0. The molecule has 1 aromatic heterocycles. The summed E-state index contributed by atoms with van der Waals surface area (Å²) < 4.78 is 5.44. The monoisotopic (exact) mass is 504 g/mol. The van der Waals surface area contributed by atoms with E-state index in [9.17, 15) is 19.2 Å². The molecule has 3 aromatic rings. The SMILES string of the molecule is CC(C)C[C@H](NC(=O)Cc1ccc(N2Cc3ccccc3C2=O)cc1)c1nc(C(=O)NCC(=O)O)co1. The van der Waals surface area contributed by atoms with Gasteiger partial charge in [-0.05, 0) is 41.7 Å². The van der Waals surface area contributed by atoms with Crippen LogP contribution in [0.3, 0.4) is 0 Å². The molecule has 0 saturated carbocycles. The van der Waals surface area contributed by atoms with Crippen molar-refractivity contribution in [3.05, 3.63) is 83.1 Å². The molecular weight excluding hydrogens is 476 g/mol. The van der Waals surface area contributed by atoms with Gasteiger partial charge in [0.2, 0.25) is 11.8 Å². The van der Waals surface area contributed by atoms with Gasteiger partial charge in [-0.25, -0.2) is 4.98 Å². The highest BCUT2D eigenvalue weighted by atomic mass is 16.4. The van der Waals surface area contributed by atoms with Gasteiger partial charge in [-0.2, -0.15) is 0 Å². The fraction of sp³-hybridized carbons (Fsp3) is 0.296. The summed E-state index contributed by atoms with van der Waals surface area (Å²) in [6.45, 7) is 3.95. The van der Waals surface area contributed by atoms with Crippen molar-refractivity contribution in [3.8, 4) is 0 Å². The van der Waals surface area contributed by atoms with E-state index < -0.39 is 24.5 Å². The second-order valence-corrected chi connectivity index (χ2v) is 9.29. The van der Waals surface area contributed by atoms with Gasteiger partial charge in [0, 0.05) is 11.3 Å². The Bertz CT molecular complexity index is 1310. The largest absolute Gasteiger partial charge is 0.480 e. The van der Waals surface area contributed by atoms with Gasteiger partial charge in [-0.1, -0.05) is 44.2 Å². The summed E-state index contributed by atoms with van der Waals surface area (Å²) in [5.41, 5.74) is 3.16. The molecule has 4 rings (SSSR count). The minimum Gasteiger partial charge on any atom is -0.480 e. The van der Waals surface area contributed by atoms with E-state index in [1.165, 1.54) is 0 Å². The Kier molecular flexibility index (Phi) is 7.66. The number of hydrogen-bond acceptors (Lipinski definition) is 6. The molecule has 0 aliphatic carbocycles. The number of hydrogen-bond donors (Lipinski definition) is 3. The van der Waals surface area contributed by atoms with Gasteiger partial charge in [-0.15, -0.1) is 0 Å². The van der Waals surface area contributed by atoms with Crippen LogP contribution in [0.2, 0.25) is 0 Å². The van der Waals surface area contributed by atoms with Crippen LogP contribution >= 0.6 is 0 Å². The lowest BCUT2D eigenvalue weighted by Crippen LogP contribution is -2.31. The van der Waals surface area contributed by atoms with Crippen LogP contribution in [0.4, 0.5) is 5.69 Å². The maximum Gasteiger partial charge on any atom is 0.322 e. The molecule has 3 amide bonds. The number of nitrogens with zero attached hydrogens (tertiary/aromatic N) is 2. The number of amides is 3. The molecule has 192 valence electrons. The van der Waals surface area contributed by atoms with Crippen LogP contribution in [-0.2, 0) is 22.6 Å². The van der Waals surface area contributed by atoms with Crippen molar-refractivity contribution in [2.75, 3.05) is 11.4 Å². The molecule has 2 aromatic carbocycles. The predicted octanol–water partition coefficient (Wildman–Crippen LogP) is 3.10. The first-order valence-electron chi connectivity index (χ1n) is 11.9. The molecule has 10 nitrogen and oxygen atoms in total. The van der Waals surface area contributed by atoms with Crippen molar-refractivity contribution < 1.29 is 28.7 Å². The number of oxazole rings is 1. The van der Waals surface area contributed by atoms with Crippen LogP contribution in [0.25, 0.3) is 0 Å². The molecule has 0 spiro atoms. The Morgan fingerprint density at radius 3 is 2.51 bits per heavy atom. The summed E-state index contributed by atoms with van der Waals surface area (Å²) in [7, 11) is 0. The average Bonchev–Trinajstić information content (AvgIpc) is 3.48. The van der Waals surface area contributed by atoms with Crippen LogP contribution in [0.15, 0.2) is 59.2 Å². The van der Waals surface area contributed by atoms with Crippen molar-refractivity contribution in [1.29, 1.82) is 0 Å². The molecule has 0 bridgehead atoms. The highest BCUT2D eigenvalue weighted by molar-refractivity contribution is 6.10. The van der Waals surface area contributed by atoms with Crippen LogP contribution in [0.5, 0.6) is 0 Å². The lowest BCUT2D eigenvalue weighted by Gasteiger charge is -2.18. The molecule has 37 heavy (non-hydrogen) atoms. The number of carbonyl (C=O) groups is 4. The molecule has 2 heterocycles. The number of rotatable bonds is 10. The first kappa shape index (κ1) is 25.6. The number of fused-ring (bicyclic) bond motifs is 1. The van der Waals surface area contributed by atoms with Crippen LogP contribution in [-0.4, -0.2) is 40.3 Å². The molecule has 10 heteroatoms. The first-order chi connectivity index (χ1) is 17.7. The van der Waals surface area contributed by atoms with Gasteiger partial charge >= 0.3 is 5.97 Å². The molecule has 0 radical (unpaired) electrons. The van der Waals surface area contributed by atoms with Crippen molar-refractivity contribution in [3.63, 3.8) is 0 Å². The Labute approximate surface area is 213 Å². The molecule has 0 unspecified atom stereocenters. The third-order valence-corrected chi connectivity index (χ3v) is 5.93. The molecule has 0 saturated heterocycles. The Morgan fingerprint density at radius 1 is 1.11 bits per heavy atom. The molecule has 1 atom stereocenters. The zero-order valence-corrected chi connectivity index (χ0v) is 20.6. The zero-order valence-electron chi connectivity index (χ0n) is 20.6. The number of carbonyl (C=O) groups excluding carboxylic acids is 3.